The first-order valence-electron chi connectivity index (χ1n) is 7.08. The van der Waals surface area contributed by atoms with Crippen molar-refractivity contribution >= 4 is 24.2 Å². The van der Waals surface area contributed by atoms with E-state index in [-0.39, 0.29) is 23.7 Å². The zero-order valence-corrected chi connectivity index (χ0v) is 13.9. The summed E-state index contributed by atoms with van der Waals surface area (Å²) in [7, 11) is 0. The van der Waals surface area contributed by atoms with Crippen molar-refractivity contribution < 1.29 is 9.32 Å². The molecule has 0 aliphatic carbocycles. The summed E-state index contributed by atoms with van der Waals surface area (Å²) >= 11 is 0. The van der Waals surface area contributed by atoms with Crippen molar-refractivity contribution in [3.63, 3.8) is 0 Å². The van der Waals surface area contributed by atoms with Gasteiger partial charge in [0.05, 0.1) is 12.2 Å². The third kappa shape index (κ3) is 4.98. The average molecular weight is 317 g/mol. The van der Waals surface area contributed by atoms with E-state index in [1.807, 2.05) is 0 Å². The first-order chi connectivity index (χ1) is 9.36. The van der Waals surface area contributed by atoms with Gasteiger partial charge in [-0.3, -0.25) is 15.0 Å². The molecule has 7 heteroatoms. The Bertz CT molecular complexity index is 470. The Morgan fingerprint density at radius 3 is 2.86 bits per heavy atom. The molecule has 1 aromatic heterocycles. The van der Waals surface area contributed by atoms with Crippen molar-refractivity contribution in [3.05, 3.63) is 11.8 Å². The maximum Gasteiger partial charge on any atom is 0.240 e. The number of nitrogens with zero attached hydrogens (tertiary/aromatic N) is 2. The van der Waals surface area contributed by atoms with Gasteiger partial charge < -0.3 is 9.84 Å². The number of carbonyl (C=O) groups excluding carboxylic acids is 1. The molecule has 1 aliphatic heterocycles. The lowest BCUT2D eigenvalue weighted by Gasteiger charge is -2.33. The third-order valence-corrected chi connectivity index (χ3v) is 3.53. The van der Waals surface area contributed by atoms with Crippen molar-refractivity contribution in [2.45, 2.75) is 39.2 Å². The third-order valence-electron chi connectivity index (χ3n) is 3.53. The van der Waals surface area contributed by atoms with Crippen LogP contribution in [0.25, 0.3) is 0 Å². The summed E-state index contributed by atoms with van der Waals surface area (Å²) < 4.78 is 5.17. The fraction of sp³-hybridized carbons (Fsp3) is 0.714. The lowest BCUT2D eigenvalue weighted by molar-refractivity contribution is -0.118. The fourth-order valence-electron chi connectivity index (χ4n) is 2.17. The lowest BCUT2D eigenvalue weighted by atomic mass is 9.92. The van der Waals surface area contributed by atoms with Gasteiger partial charge in [-0.25, -0.2) is 0 Å². The van der Waals surface area contributed by atoms with E-state index >= 15 is 0 Å². The molecule has 1 saturated heterocycles. The Kier molecular flexibility index (Phi) is 6.19. The molecule has 21 heavy (non-hydrogen) atoms. The van der Waals surface area contributed by atoms with Crippen LogP contribution in [0, 0.1) is 0 Å². The molecular formula is C14H25ClN4O2. The Balaban J connectivity index is 0.00000220. The van der Waals surface area contributed by atoms with E-state index in [9.17, 15) is 4.79 Å². The highest BCUT2D eigenvalue weighted by Gasteiger charge is 2.22. The molecule has 6 nitrogen and oxygen atoms in total. The summed E-state index contributed by atoms with van der Waals surface area (Å²) in [5.41, 5.74) is 0.753. The van der Waals surface area contributed by atoms with Crippen LogP contribution < -0.4 is 10.6 Å². The fourth-order valence-corrected chi connectivity index (χ4v) is 2.17. The number of aromatic nitrogens is 1. The lowest BCUT2D eigenvalue weighted by Crippen LogP contribution is -2.51. The SMILES string of the molecule is CC1CNCCN1CC(=O)Nc1cc(C(C)(C)C)no1.Cl. The zero-order chi connectivity index (χ0) is 14.8. The molecule has 0 bridgehead atoms. The van der Waals surface area contributed by atoms with Crippen molar-refractivity contribution in [1.29, 1.82) is 0 Å². The molecule has 1 aliphatic rings. The second kappa shape index (κ2) is 7.24. The van der Waals surface area contributed by atoms with Crippen LogP contribution in [0.1, 0.15) is 33.4 Å². The van der Waals surface area contributed by atoms with Crippen LogP contribution in [0.5, 0.6) is 0 Å². The van der Waals surface area contributed by atoms with E-state index in [0.717, 1.165) is 25.3 Å². The van der Waals surface area contributed by atoms with Crippen LogP contribution in [0.2, 0.25) is 0 Å². The number of amides is 1. The van der Waals surface area contributed by atoms with Crippen LogP contribution in [-0.4, -0.2) is 48.2 Å². The second-order valence-electron chi connectivity index (χ2n) is 6.40. The minimum atomic E-state index is -0.0838. The zero-order valence-electron chi connectivity index (χ0n) is 13.1. The molecular weight excluding hydrogens is 292 g/mol. The normalized spacial score (nSPS) is 19.9. The first kappa shape index (κ1) is 17.9. The summed E-state index contributed by atoms with van der Waals surface area (Å²) in [6, 6.07) is 2.16. The Labute approximate surface area is 132 Å². The molecule has 1 fully saturated rings. The van der Waals surface area contributed by atoms with E-state index in [1.165, 1.54) is 0 Å². The molecule has 0 aromatic carbocycles. The van der Waals surface area contributed by atoms with Crippen LogP contribution in [0.4, 0.5) is 5.88 Å². The van der Waals surface area contributed by atoms with Crippen molar-refractivity contribution in [2.75, 3.05) is 31.5 Å². The number of rotatable bonds is 3. The van der Waals surface area contributed by atoms with Gasteiger partial charge in [-0.05, 0) is 6.92 Å². The molecule has 0 radical (unpaired) electrons. The summed E-state index contributed by atoms with van der Waals surface area (Å²) in [5, 5.41) is 10.1. The van der Waals surface area contributed by atoms with Gasteiger partial charge in [0.25, 0.3) is 0 Å². The van der Waals surface area contributed by atoms with Crippen LogP contribution in [0.3, 0.4) is 0 Å². The van der Waals surface area contributed by atoms with Crippen LogP contribution in [-0.2, 0) is 10.2 Å². The molecule has 1 amide bonds. The van der Waals surface area contributed by atoms with Crippen LogP contribution in [0.15, 0.2) is 10.6 Å². The number of hydrogen-bond acceptors (Lipinski definition) is 5. The number of anilines is 1. The molecule has 2 heterocycles. The molecule has 1 aromatic rings. The van der Waals surface area contributed by atoms with E-state index in [4.69, 9.17) is 4.52 Å². The standard InChI is InChI=1S/C14H24N4O2.ClH/c1-10-8-15-5-6-18(10)9-12(19)16-13-7-11(17-20-13)14(2,3)4;/h7,10,15H,5-6,8-9H2,1-4H3,(H,16,19);1H. The summed E-state index contributed by atoms with van der Waals surface area (Å²) in [6.45, 7) is 11.4. The predicted octanol–water partition coefficient (Wildman–Crippen LogP) is 1.63. The van der Waals surface area contributed by atoms with Crippen LogP contribution >= 0.6 is 12.4 Å². The maximum atomic E-state index is 12.0. The van der Waals surface area contributed by atoms with Gasteiger partial charge in [0.2, 0.25) is 11.8 Å². The second-order valence-corrected chi connectivity index (χ2v) is 6.40. The number of hydrogen-bond donors (Lipinski definition) is 2. The van der Waals surface area contributed by atoms with E-state index in [1.54, 1.807) is 6.07 Å². The largest absolute Gasteiger partial charge is 0.338 e. The summed E-state index contributed by atoms with van der Waals surface area (Å²) in [6.07, 6.45) is 0. The van der Waals surface area contributed by atoms with Gasteiger partial charge in [0.15, 0.2) is 0 Å². The monoisotopic (exact) mass is 316 g/mol. The molecule has 0 saturated carbocycles. The number of halogens is 1. The van der Waals surface area contributed by atoms with Crippen molar-refractivity contribution in [2.24, 2.45) is 0 Å². The highest BCUT2D eigenvalue weighted by atomic mass is 35.5. The molecule has 2 N–H and O–H groups in total. The minimum Gasteiger partial charge on any atom is -0.338 e. The Morgan fingerprint density at radius 2 is 2.29 bits per heavy atom. The van der Waals surface area contributed by atoms with E-state index < -0.39 is 0 Å². The van der Waals surface area contributed by atoms with E-state index in [2.05, 4.69) is 48.4 Å². The number of carbonyl (C=O) groups is 1. The van der Waals surface area contributed by atoms with Gasteiger partial charge >= 0.3 is 0 Å². The number of piperazine rings is 1. The molecule has 120 valence electrons. The topological polar surface area (TPSA) is 70.4 Å². The average Bonchev–Trinajstić information content (AvgIpc) is 2.80. The number of nitrogens with one attached hydrogen (secondary N) is 2. The molecule has 1 atom stereocenters. The molecule has 2 rings (SSSR count). The van der Waals surface area contributed by atoms with Crippen molar-refractivity contribution in [1.82, 2.24) is 15.4 Å². The van der Waals surface area contributed by atoms with Crippen molar-refractivity contribution in [3.8, 4) is 0 Å². The van der Waals surface area contributed by atoms with Gasteiger partial charge in [-0.1, -0.05) is 25.9 Å². The predicted molar refractivity (Wildman–Crippen MR) is 85.0 cm³/mol. The maximum absolute atomic E-state index is 12.0. The van der Waals surface area contributed by atoms with E-state index in [0.29, 0.717) is 18.5 Å². The smallest absolute Gasteiger partial charge is 0.240 e. The quantitative estimate of drug-likeness (QED) is 0.887. The summed E-state index contributed by atoms with van der Waals surface area (Å²) in [4.78, 5) is 14.2. The van der Waals surface area contributed by atoms with Gasteiger partial charge in [0, 0.05) is 37.2 Å². The highest BCUT2D eigenvalue weighted by molar-refractivity contribution is 5.91. The summed E-state index contributed by atoms with van der Waals surface area (Å²) in [5.74, 6) is 0.359. The minimum absolute atomic E-state index is 0. The van der Waals surface area contributed by atoms with Gasteiger partial charge in [-0.15, -0.1) is 12.4 Å². The Morgan fingerprint density at radius 1 is 1.57 bits per heavy atom. The Hall–Kier alpha value is -1.11. The molecule has 1 unspecified atom stereocenters. The first-order valence-corrected chi connectivity index (χ1v) is 7.08. The highest BCUT2D eigenvalue weighted by Crippen LogP contribution is 2.23. The van der Waals surface area contributed by atoms with Gasteiger partial charge in [-0.2, -0.15) is 0 Å². The van der Waals surface area contributed by atoms with Gasteiger partial charge in [0.1, 0.15) is 0 Å². The molecule has 0 spiro atoms.